The highest BCUT2D eigenvalue weighted by Crippen LogP contribution is 1.79. The lowest BCUT2D eigenvalue weighted by Gasteiger charge is -2.11. The molecule has 0 heterocycles. The second kappa shape index (κ2) is 22.6. The Balaban J connectivity index is -0.000000218. The molecule has 0 aliphatic carbocycles. The molecule has 0 aromatic carbocycles. The maximum absolute atomic E-state index is 8.53. The quantitative estimate of drug-likeness (QED) is 0.618. The van der Waals surface area contributed by atoms with Gasteiger partial charge in [-0.2, -0.15) is 0 Å². The molecule has 0 aliphatic rings. The molecular formula is C10H27NO2. The van der Waals surface area contributed by atoms with Crippen LogP contribution in [0.1, 0.15) is 41.0 Å². The van der Waals surface area contributed by atoms with Crippen molar-refractivity contribution in [1.82, 2.24) is 5.32 Å². The fourth-order valence-corrected chi connectivity index (χ4v) is 0.535. The highest BCUT2D eigenvalue weighted by atomic mass is 16.3. The smallest absolute Gasteiger partial charge is 0.0607 e. The molecule has 0 aliphatic heterocycles. The summed E-state index contributed by atoms with van der Waals surface area (Å²) in [5, 5.41) is 20.0. The Morgan fingerprint density at radius 2 is 1.38 bits per heavy atom. The van der Waals surface area contributed by atoms with Crippen molar-refractivity contribution in [3.63, 3.8) is 0 Å². The number of aliphatic hydroxyl groups excluding tert-OH is 2. The molecule has 0 fully saturated rings. The first-order chi connectivity index (χ1) is 6.35. The first kappa shape index (κ1) is 18.6. The van der Waals surface area contributed by atoms with Gasteiger partial charge in [-0.15, -0.1) is 0 Å². The van der Waals surface area contributed by atoms with Gasteiger partial charge in [0, 0.05) is 0 Å². The van der Waals surface area contributed by atoms with E-state index < -0.39 is 0 Å². The van der Waals surface area contributed by atoms with Gasteiger partial charge in [0.2, 0.25) is 0 Å². The molecular weight excluding hydrogens is 166 g/mol. The van der Waals surface area contributed by atoms with Crippen molar-refractivity contribution in [1.29, 1.82) is 0 Å². The van der Waals surface area contributed by atoms with E-state index in [1.807, 2.05) is 34.6 Å². The molecule has 0 spiro atoms. The molecule has 0 saturated carbocycles. The Morgan fingerprint density at radius 1 is 1.00 bits per heavy atom. The minimum absolute atomic E-state index is 0.0104. The summed E-state index contributed by atoms with van der Waals surface area (Å²) in [6.45, 7) is 10.9. The van der Waals surface area contributed by atoms with Gasteiger partial charge < -0.3 is 15.5 Å². The van der Waals surface area contributed by atoms with Gasteiger partial charge >= 0.3 is 0 Å². The predicted octanol–water partition coefficient (Wildman–Crippen LogP) is 1.39. The summed E-state index contributed by atoms with van der Waals surface area (Å²) in [6.07, 6.45) is 1.02. The maximum Gasteiger partial charge on any atom is 0.0607 e. The zero-order chi connectivity index (χ0) is 11.1. The average Bonchev–Trinajstić information content (AvgIpc) is 2.25. The SMILES string of the molecule is CC.CC.CCCNC(CO)CO. The summed E-state index contributed by atoms with van der Waals surface area (Å²) in [4.78, 5) is 0. The third-order valence-corrected chi connectivity index (χ3v) is 1.12. The third-order valence-electron chi connectivity index (χ3n) is 1.12. The van der Waals surface area contributed by atoms with E-state index in [0.29, 0.717) is 0 Å². The predicted molar refractivity (Wildman–Crippen MR) is 58.9 cm³/mol. The van der Waals surface area contributed by atoms with Crippen LogP contribution in [-0.2, 0) is 0 Å². The molecule has 0 aromatic rings. The molecule has 0 unspecified atom stereocenters. The van der Waals surface area contributed by atoms with Crippen molar-refractivity contribution in [2.24, 2.45) is 0 Å². The van der Waals surface area contributed by atoms with Gasteiger partial charge in [0.25, 0.3) is 0 Å². The molecule has 3 heteroatoms. The number of rotatable bonds is 5. The fraction of sp³-hybridized carbons (Fsp3) is 1.00. The molecule has 0 atom stereocenters. The molecule has 0 radical (unpaired) electrons. The Labute approximate surface area is 83.2 Å². The van der Waals surface area contributed by atoms with Gasteiger partial charge in [0.05, 0.1) is 19.3 Å². The molecule has 0 bridgehead atoms. The van der Waals surface area contributed by atoms with Crippen LogP contribution < -0.4 is 5.32 Å². The monoisotopic (exact) mass is 193 g/mol. The summed E-state index contributed by atoms with van der Waals surface area (Å²) in [5.41, 5.74) is 0. The Kier molecular flexibility index (Phi) is 32.4. The third kappa shape index (κ3) is 18.7. The Morgan fingerprint density at radius 3 is 1.62 bits per heavy atom. The Bertz CT molecular complexity index is 56.9. The summed E-state index contributed by atoms with van der Waals surface area (Å²) < 4.78 is 0. The molecule has 0 rings (SSSR count). The van der Waals surface area contributed by atoms with E-state index in [1.165, 1.54) is 0 Å². The van der Waals surface area contributed by atoms with E-state index in [-0.39, 0.29) is 19.3 Å². The summed E-state index contributed by atoms with van der Waals surface area (Å²) >= 11 is 0. The van der Waals surface area contributed by atoms with Crippen molar-refractivity contribution in [3.8, 4) is 0 Å². The highest BCUT2D eigenvalue weighted by Gasteiger charge is 2.00. The molecule has 3 N–H and O–H groups in total. The van der Waals surface area contributed by atoms with Crippen molar-refractivity contribution in [3.05, 3.63) is 0 Å². The van der Waals surface area contributed by atoms with Crippen molar-refractivity contribution >= 4 is 0 Å². The zero-order valence-electron chi connectivity index (χ0n) is 9.80. The van der Waals surface area contributed by atoms with Crippen LogP contribution in [0.25, 0.3) is 0 Å². The van der Waals surface area contributed by atoms with E-state index in [4.69, 9.17) is 10.2 Å². The Hall–Kier alpha value is -0.120. The largest absolute Gasteiger partial charge is 0.395 e. The first-order valence-corrected chi connectivity index (χ1v) is 5.30. The summed E-state index contributed by atoms with van der Waals surface area (Å²) in [7, 11) is 0. The van der Waals surface area contributed by atoms with Crippen LogP contribution in [0.4, 0.5) is 0 Å². The lowest BCUT2D eigenvalue weighted by atomic mass is 10.3. The maximum atomic E-state index is 8.53. The lowest BCUT2D eigenvalue weighted by molar-refractivity contribution is 0.171. The number of hydrogen-bond acceptors (Lipinski definition) is 3. The van der Waals surface area contributed by atoms with Crippen LogP contribution in [0, 0.1) is 0 Å². The van der Waals surface area contributed by atoms with E-state index in [2.05, 4.69) is 5.32 Å². The molecule has 0 amide bonds. The summed E-state index contributed by atoms with van der Waals surface area (Å²) in [6, 6.07) is -0.134. The normalized spacial score (nSPS) is 8.31. The number of aliphatic hydroxyl groups is 2. The van der Waals surface area contributed by atoms with Crippen molar-refractivity contribution < 1.29 is 10.2 Å². The average molecular weight is 193 g/mol. The highest BCUT2D eigenvalue weighted by molar-refractivity contribution is 4.61. The fourth-order valence-electron chi connectivity index (χ4n) is 0.535. The van der Waals surface area contributed by atoms with Crippen LogP contribution in [0.5, 0.6) is 0 Å². The van der Waals surface area contributed by atoms with Gasteiger partial charge in [0.15, 0.2) is 0 Å². The van der Waals surface area contributed by atoms with Gasteiger partial charge in [0.1, 0.15) is 0 Å². The van der Waals surface area contributed by atoms with Crippen LogP contribution >= 0.6 is 0 Å². The summed E-state index contributed by atoms with van der Waals surface area (Å²) in [5.74, 6) is 0. The van der Waals surface area contributed by atoms with Crippen LogP contribution in [0.3, 0.4) is 0 Å². The van der Waals surface area contributed by atoms with E-state index in [9.17, 15) is 0 Å². The van der Waals surface area contributed by atoms with Gasteiger partial charge in [-0.25, -0.2) is 0 Å². The van der Waals surface area contributed by atoms with Gasteiger partial charge in [-0.3, -0.25) is 0 Å². The van der Waals surface area contributed by atoms with Crippen LogP contribution in [0.2, 0.25) is 0 Å². The number of hydrogen-bond donors (Lipinski definition) is 3. The lowest BCUT2D eigenvalue weighted by Crippen LogP contribution is -2.36. The van der Waals surface area contributed by atoms with Crippen LogP contribution in [0.15, 0.2) is 0 Å². The van der Waals surface area contributed by atoms with Gasteiger partial charge in [-0.1, -0.05) is 34.6 Å². The van der Waals surface area contributed by atoms with E-state index in [1.54, 1.807) is 0 Å². The van der Waals surface area contributed by atoms with E-state index in [0.717, 1.165) is 13.0 Å². The second-order valence-electron chi connectivity index (χ2n) is 2.02. The van der Waals surface area contributed by atoms with Crippen molar-refractivity contribution in [2.45, 2.75) is 47.1 Å². The standard InChI is InChI=1S/C6H15NO2.2C2H6/c1-2-3-7-6(4-8)5-9;2*1-2/h6-9H,2-5H2,1H3;2*1-2H3. The van der Waals surface area contributed by atoms with Crippen molar-refractivity contribution in [2.75, 3.05) is 19.8 Å². The molecule has 13 heavy (non-hydrogen) atoms. The zero-order valence-corrected chi connectivity index (χ0v) is 9.80. The van der Waals surface area contributed by atoms with E-state index >= 15 is 0 Å². The van der Waals surface area contributed by atoms with Gasteiger partial charge in [-0.05, 0) is 13.0 Å². The molecule has 3 nitrogen and oxygen atoms in total. The topological polar surface area (TPSA) is 52.5 Å². The molecule has 0 saturated heterocycles. The molecule has 0 aromatic heterocycles. The van der Waals surface area contributed by atoms with Crippen LogP contribution in [-0.4, -0.2) is 36.0 Å². The number of nitrogens with one attached hydrogen (secondary N) is 1. The minimum Gasteiger partial charge on any atom is -0.395 e. The molecule has 84 valence electrons. The minimum atomic E-state index is -0.134. The first-order valence-electron chi connectivity index (χ1n) is 5.30. The second-order valence-corrected chi connectivity index (χ2v) is 2.02.